The smallest absolute Gasteiger partial charge is 0.137 e. The molecule has 0 aliphatic carbocycles. The quantitative estimate of drug-likeness (QED) is 0.927. The molecule has 0 bridgehead atoms. The average Bonchev–Trinajstić information content (AvgIpc) is 2.40. The van der Waals surface area contributed by atoms with E-state index >= 15 is 0 Å². The Balaban J connectivity index is 2.12. The maximum atomic E-state index is 13.3. The van der Waals surface area contributed by atoms with Gasteiger partial charge in [-0.15, -0.1) is 0 Å². The first-order valence-electron chi connectivity index (χ1n) is 5.37. The number of hydrogen-bond acceptors (Lipinski definition) is 2. The fourth-order valence-electron chi connectivity index (χ4n) is 1.58. The van der Waals surface area contributed by atoms with E-state index in [-0.39, 0.29) is 5.82 Å². The molecular weight excluding hydrogens is 295 g/mol. The minimum absolute atomic E-state index is 0.289. The second kappa shape index (κ2) is 5.65. The summed E-state index contributed by atoms with van der Waals surface area (Å²) in [6.07, 6.45) is 0. The van der Waals surface area contributed by atoms with Crippen molar-refractivity contribution in [3.63, 3.8) is 0 Å². The summed E-state index contributed by atoms with van der Waals surface area (Å²) in [5.74, 6) is -0.289. The lowest BCUT2D eigenvalue weighted by molar-refractivity contribution is 0.619. The zero-order valence-electron chi connectivity index (χ0n) is 9.45. The topological polar surface area (TPSA) is 35.8 Å². The molecule has 0 aliphatic heterocycles. The minimum atomic E-state index is -0.289. The van der Waals surface area contributed by atoms with Crippen molar-refractivity contribution in [2.75, 3.05) is 5.32 Å². The van der Waals surface area contributed by atoms with Crippen LogP contribution in [0.25, 0.3) is 0 Å². The molecular formula is C14H10BrFN2. The number of para-hydroxylation sites is 1. The third-order valence-electron chi connectivity index (χ3n) is 2.51. The average molecular weight is 305 g/mol. The highest BCUT2D eigenvalue weighted by Gasteiger charge is 2.02. The maximum absolute atomic E-state index is 13.3. The van der Waals surface area contributed by atoms with Crippen LogP contribution in [-0.4, -0.2) is 0 Å². The van der Waals surface area contributed by atoms with Gasteiger partial charge in [0.15, 0.2) is 0 Å². The van der Waals surface area contributed by atoms with Gasteiger partial charge in [0.1, 0.15) is 11.9 Å². The first-order valence-corrected chi connectivity index (χ1v) is 6.17. The van der Waals surface area contributed by atoms with Crippen LogP contribution in [0.15, 0.2) is 46.9 Å². The summed E-state index contributed by atoms with van der Waals surface area (Å²) in [4.78, 5) is 0. The standard InChI is InChI=1S/C14H10BrFN2/c15-12-6-5-10(7-13(12)16)9-18-14-4-2-1-3-11(14)8-17/h1-7,18H,9H2. The summed E-state index contributed by atoms with van der Waals surface area (Å²) in [5.41, 5.74) is 2.15. The molecule has 0 radical (unpaired) electrons. The van der Waals surface area contributed by atoms with Gasteiger partial charge in [-0.25, -0.2) is 4.39 Å². The van der Waals surface area contributed by atoms with Crippen LogP contribution in [-0.2, 0) is 6.54 Å². The van der Waals surface area contributed by atoms with Crippen molar-refractivity contribution in [1.29, 1.82) is 5.26 Å². The molecule has 18 heavy (non-hydrogen) atoms. The molecule has 2 aromatic rings. The van der Waals surface area contributed by atoms with E-state index in [2.05, 4.69) is 27.3 Å². The SMILES string of the molecule is N#Cc1ccccc1NCc1ccc(Br)c(F)c1. The lowest BCUT2D eigenvalue weighted by Crippen LogP contribution is -2.01. The molecule has 0 amide bonds. The molecule has 0 aliphatic rings. The first-order chi connectivity index (χ1) is 8.70. The Hall–Kier alpha value is -1.86. The fraction of sp³-hybridized carbons (Fsp3) is 0.0714. The van der Waals surface area contributed by atoms with E-state index in [4.69, 9.17) is 5.26 Å². The number of nitriles is 1. The van der Waals surface area contributed by atoms with Crippen LogP contribution >= 0.6 is 15.9 Å². The van der Waals surface area contributed by atoms with Gasteiger partial charge >= 0.3 is 0 Å². The second-order valence-electron chi connectivity index (χ2n) is 3.76. The normalized spacial score (nSPS) is 9.83. The van der Waals surface area contributed by atoms with E-state index < -0.39 is 0 Å². The Bertz CT molecular complexity index is 605. The Kier molecular flexibility index (Phi) is 3.96. The molecule has 2 rings (SSSR count). The van der Waals surface area contributed by atoms with Gasteiger partial charge < -0.3 is 5.32 Å². The molecule has 2 nitrogen and oxygen atoms in total. The predicted molar refractivity (Wildman–Crippen MR) is 72.6 cm³/mol. The first kappa shape index (κ1) is 12.6. The minimum Gasteiger partial charge on any atom is -0.380 e. The molecule has 0 saturated heterocycles. The van der Waals surface area contributed by atoms with E-state index in [1.165, 1.54) is 6.07 Å². The van der Waals surface area contributed by atoms with Crippen LogP contribution < -0.4 is 5.32 Å². The Labute approximate surface area is 113 Å². The number of halogens is 2. The van der Waals surface area contributed by atoms with Crippen LogP contribution in [0.2, 0.25) is 0 Å². The maximum Gasteiger partial charge on any atom is 0.137 e. The van der Waals surface area contributed by atoms with Crippen molar-refractivity contribution in [2.45, 2.75) is 6.54 Å². The van der Waals surface area contributed by atoms with E-state index in [9.17, 15) is 4.39 Å². The summed E-state index contributed by atoms with van der Waals surface area (Å²) in [5, 5.41) is 12.1. The van der Waals surface area contributed by atoms with Gasteiger partial charge in [0.2, 0.25) is 0 Å². The Morgan fingerprint density at radius 3 is 2.72 bits per heavy atom. The van der Waals surface area contributed by atoms with Crippen LogP contribution in [0.4, 0.5) is 10.1 Å². The summed E-state index contributed by atoms with van der Waals surface area (Å²) in [6, 6.07) is 14.3. The molecule has 0 heterocycles. The van der Waals surface area contributed by atoms with Gasteiger partial charge in [-0.3, -0.25) is 0 Å². The van der Waals surface area contributed by atoms with Crippen LogP contribution in [0.1, 0.15) is 11.1 Å². The number of hydrogen-bond donors (Lipinski definition) is 1. The van der Waals surface area contributed by atoms with Crippen LogP contribution in [0, 0.1) is 17.1 Å². The second-order valence-corrected chi connectivity index (χ2v) is 4.61. The van der Waals surface area contributed by atoms with Gasteiger partial charge in [0.05, 0.1) is 15.7 Å². The summed E-state index contributed by atoms with van der Waals surface area (Å²) in [7, 11) is 0. The highest BCUT2D eigenvalue weighted by molar-refractivity contribution is 9.10. The van der Waals surface area contributed by atoms with E-state index in [1.807, 2.05) is 24.3 Å². The molecule has 0 fully saturated rings. The zero-order chi connectivity index (χ0) is 13.0. The van der Waals surface area contributed by atoms with Crippen molar-refractivity contribution in [3.8, 4) is 6.07 Å². The van der Waals surface area contributed by atoms with Crippen molar-refractivity contribution in [1.82, 2.24) is 0 Å². The molecule has 0 unspecified atom stereocenters. The molecule has 0 saturated carbocycles. The molecule has 1 N–H and O–H groups in total. The van der Waals surface area contributed by atoms with Gasteiger partial charge in [-0.05, 0) is 45.8 Å². The third kappa shape index (κ3) is 2.88. The zero-order valence-corrected chi connectivity index (χ0v) is 11.0. The fourth-order valence-corrected chi connectivity index (χ4v) is 1.83. The van der Waals surface area contributed by atoms with Crippen molar-refractivity contribution < 1.29 is 4.39 Å². The van der Waals surface area contributed by atoms with Gasteiger partial charge in [-0.1, -0.05) is 18.2 Å². The largest absolute Gasteiger partial charge is 0.380 e. The lowest BCUT2D eigenvalue weighted by Gasteiger charge is -2.08. The number of nitrogens with zero attached hydrogens (tertiary/aromatic N) is 1. The number of nitrogens with one attached hydrogen (secondary N) is 1. The number of rotatable bonds is 3. The molecule has 2 aromatic carbocycles. The molecule has 0 spiro atoms. The van der Waals surface area contributed by atoms with Crippen molar-refractivity contribution >= 4 is 21.6 Å². The van der Waals surface area contributed by atoms with Crippen LogP contribution in [0.3, 0.4) is 0 Å². The summed E-state index contributed by atoms with van der Waals surface area (Å²) < 4.78 is 13.8. The molecule has 0 aromatic heterocycles. The number of anilines is 1. The van der Waals surface area contributed by atoms with E-state index in [1.54, 1.807) is 12.1 Å². The highest BCUT2D eigenvalue weighted by Crippen LogP contribution is 2.18. The molecule has 4 heteroatoms. The highest BCUT2D eigenvalue weighted by atomic mass is 79.9. The van der Waals surface area contributed by atoms with Crippen molar-refractivity contribution in [3.05, 3.63) is 63.9 Å². The molecule has 90 valence electrons. The third-order valence-corrected chi connectivity index (χ3v) is 3.16. The van der Waals surface area contributed by atoms with Gasteiger partial charge in [0.25, 0.3) is 0 Å². The Morgan fingerprint density at radius 2 is 2.00 bits per heavy atom. The van der Waals surface area contributed by atoms with Gasteiger partial charge in [0, 0.05) is 6.54 Å². The van der Waals surface area contributed by atoms with Gasteiger partial charge in [-0.2, -0.15) is 5.26 Å². The van der Waals surface area contributed by atoms with Crippen molar-refractivity contribution in [2.24, 2.45) is 0 Å². The van der Waals surface area contributed by atoms with Crippen LogP contribution in [0.5, 0.6) is 0 Å². The summed E-state index contributed by atoms with van der Waals surface area (Å²) >= 11 is 3.11. The lowest BCUT2D eigenvalue weighted by atomic mass is 10.1. The summed E-state index contributed by atoms with van der Waals surface area (Å²) in [6.45, 7) is 0.475. The molecule has 0 atom stereocenters. The number of benzene rings is 2. The Morgan fingerprint density at radius 1 is 1.22 bits per heavy atom. The van der Waals surface area contributed by atoms with E-state index in [0.717, 1.165) is 11.3 Å². The van der Waals surface area contributed by atoms with E-state index in [0.29, 0.717) is 16.6 Å². The monoisotopic (exact) mass is 304 g/mol. The predicted octanol–water partition coefficient (Wildman–Crippen LogP) is 4.07.